The van der Waals surface area contributed by atoms with E-state index in [0.29, 0.717) is 24.9 Å². The summed E-state index contributed by atoms with van der Waals surface area (Å²) in [5.41, 5.74) is -0.785. The van der Waals surface area contributed by atoms with Crippen LogP contribution in [0.5, 0.6) is 5.88 Å². The van der Waals surface area contributed by atoms with E-state index < -0.39 is 18.2 Å². The Hall–Kier alpha value is -2.92. The molecule has 2 aromatic heterocycles. The lowest BCUT2D eigenvalue weighted by Crippen LogP contribution is -2.67. The molecule has 0 radical (unpaired) electrons. The lowest BCUT2D eigenvalue weighted by atomic mass is 9.57. The van der Waals surface area contributed by atoms with E-state index in [9.17, 15) is 18.0 Å². The summed E-state index contributed by atoms with van der Waals surface area (Å²) in [6.07, 6.45) is 3.33. The highest BCUT2D eigenvalue weighted by molar-refractivity contribution is 5.77. The van der Waals surface area contributed by atoms with Gasteiger partial charge in [0.05, 0.1) is 18.1 Å². The number of likely N-dealkylation sites (tertiary alicyclic amines) is 2. The van der Waals surface area contributed by atoms with Gasteiger partial charge >= 0.3 is 12.2 Å². The van der Waals surface area contributed by atoms with Crippen LogP contribution < -0.4 is 4.74 Å². The molecule has 1 spiro atoms. The van der Waals surface area contributed by atoms with E-state index in [1.54, 1.807) is 6.20 Å². The minimum Gasteiger partial charge on any atom is -0.476 e. The summed E-state index contributed by atoms with van der Waals surface area (Å²) < 4.78 is 44.4. The number of nitrogens with zero attached hydrogens (tertiary/aromatic N) is 6. The molecule has 36 heavy (non-hydrogen) atoms. The van der Waals surface area contributed by atoms with Gasteiger partial charge in [0.2, 0.25) is 5.88 Å². The molecule has 2 saturated heterocycles. The number of H-pyrrole nitrogens is 1. The molecule has 9 nitrogen and oxygen atoms in total. The highest BCUT2D eigenvalue weighted by Crippen LogP contribution is 2.58. The van der Waals surface area contributed by atoms with E-state index in [-0.39, 0.29) is 36.1 Å². The quantitative estimate of drug-likeness (QED) is 0.647. The van der Waals surface area contributed by atoms with Gasteiger partial charge in [0.25, 0.3) is 0 Å². The van der Waals surface area contributed by atoms with Crippen molar-refractivity contribution in [3.05, 3.63) is 29.7 Å². The molecule has 3 saturated carbocycles. The number of urea groups is 1. The van der Waals surface area contributed by atoms with Crippen LogP contribution in [-0.4, -0.2) is 79.9 Å². The van der Waals surface area contributed by atoms with E-state index in [2.05, 4.69) is 25.1 Å². The predicted molar refractivity (Wildman–Crippen MR) is 119 cm³/mol. The summed E-state index contributed by atoms with van der Waals surface area (Å²) >= 11 is 0. The monoisotopic (exact) mass is 503 g/mol. The molecule has 5 aliphatic rings. The van der Waals surface area contributed by atoms with Gasteiger partial charge in [-0.25, -0.2) is 14.8 Å². The van der Waals surface area contributed by atoms with Crippen molar-refractivity contribution in [2.24, 2.45) is 10.8 Å². The van der Waals surface area contributed by atoms with Gasteiger partial charge in [0.1, 0.15) is 17.8 Å². The van der Waals surface area contributed by atoms with Gasteiger partial charge in [-0.05, 0) is 38.5 Å². The largest absolute Gasteiger partial charge is 0.476 e. The smallest absolute Gasteiger partial charge is 0.397 e. The number of carbonyl (C=O) groups is 1. The SMILES string of the molecule is O=C(N1CC(c2cnc(OCC3(C(F)(F)F)CC3)cn2)C1)N1CC2(CC(c3n[nH]c(C4CC4)n3)C2)C1. The molecule has 2 amide bonds. The van der Waals surface area contributed by atoms with Crippen LogP contribution in [0.4, 0.5) is 18.0 Å². The number of carbonyl (C=O) groups excluding carboxylic acids is 1. The zero-order valence-corrected chi connectivity index (χ0v) is 19.8. The Morgan fingerprint density at radius 1 is 1.06 bits per heavy atom. The lowest BCUT2D eigenvalue weighted by molar-refractivity contribution is -0.194. The lowest BCUT2D eigenvalue weighted by Gasteiger charge is -2.59. The van der Waals surface area contributed by atoms with Crippen LogP contribution in [0.3, 0.4) is 0 Å². The van der Waals surface area contributed by atoms with Gasteiger partial charge in [0, 0.05) is 49.3 Å². The fraction of sp³-hybridized carbons (Fsp3) is 0.708. The molecule has 0 unspecified atom stereocenters. The molecule has 0 bridgehead atoms. The summed E-state index contributed by atoms with van der Waals surface area (Å²) in [5, 5.41) is 7.50. The number of hydrogen-bond donors (Lipinski definition) is 1. The van der Waals surface area contributed by atoms with E-state index in [1.165, 1.54) is 19.0 Å². The number of hydrogen-bond acceptors (Lipinski definition) is 6. The van der Waals surface area contributed by atoms with Crippen molar-refractivity contribution in [3.8, 4) is 5.88 Å². The summed E-state index contributed by atoms with van der Waals surface area (Å²) in [5.74, 6) is 3.11. The Labute approximate surface area is 205 Å². The van der Waals surface area contributed by atoms with Crippen LogP contribution in [0, 0.1) is 10.8 Å². The number of ether oxygens (including phenoxy) is 1. The number of nitrogens with one attached hydrogen (secondary N) is 1. The number of alkyl halides is 3. The summed E-state index contributed by atoms with van der Waals surface area (Å²) in [6.45, 7) is 2.29. The molecule has 2 aliphatic heterocycles. The van der Waals surface area contributed by atoms with E-state index in [4.69, 9.17) is 4.74 Å². The molecule has 12 heteroatoms. The molecule has 4 heterocycles. The van der Waals surface area contributed by atoms with Gasteiger partial charge in [-0.2, -0.15) is 18.3 Å². The Kier molecular flexibility index (Phi) is 4.67. The minimum atomic E-state index is -4.25. The third-order valence-electron chi connectivity index (χ3n) is 8.70. The maximum Gasteiger partial charge on any atom is 0.397 e. The van der Waals surface area contributed by atoms with Crippen molar-refractivity contribution in [1.82, 2.24) is 34.9 Å². The fourth-order valence-corrected chi connectivity index (χ4v) is 5.84. The Morgan fingerprint density at radius 2 is 1.81 bits per heavy atom. The van der Waals surface area contributed by atoms with Crippen LogP contribution in [0.1, 0.15) is 73.6 Å². The normalized spacial score (nSPS) is 24.8. The zero-order valence-electron chi connectivity index (χ0n) is 19.8. The molecule has 5 fully saturated rings. The van der Waals surface area contributed by atoms with Gasteiger partial charge in [-0.3, -0.25) is 10.1 Å². The first kappa shape index (κ1) is 22.3. The molecule has 0 atom stereocenters. The third-order valence-corrected chi connectivity index (χ3v) is 8.70. The first-order chi connectivity index (χ1) is 17.2. The molecule has 192 valence electrons. The second-order valence-corrected chi connectivity index (χ2v) is 11.5. The molecule has 1 N–H and O–H groups in total. The van der Waals surface area contributed by atoms with Crippen molar-refractivity contribution in [3.63, 3.8) is 0 Å². The molecule has 0 aromatic carbocycles. The van der Waals surface area contributed by atoms with Crippen molar-refractivity contribution >= 4 is 6.03 Å². The first-order valence-corrected chi connectivity index (χ1v) is 12.7. The van der Waals surface area contributed by atoms with Gasteiger partial charge in [0.15, 0.2) is 5.82 Å². The standard InChI is InChI=1S/C24H28F3N7O2/c25-24(26,27)23(3-4-23)13-36-18-8-28-17(7-29-18)16-9-33(10-16)21(35)34-11-22(12-34)5-15(6-22)20-30-19(31-32-20)14-1-2-14/h7-8,14-16H,1-6,9-13H2,(H,30,31,32). The number of halogens is 3. The minimum absolute atomic E-state index is 0.0593. The predicted octanol–water partition coefficient (Wildman–Crippen LogP) is 3.59. The summed E-state index contributed by atoms with van der Waals surface area (Å²) in [4.78, 5) is 29.7. The Balaban J connectivity index is 0.851. The highest BCUT2D eigenvalue weighted by atomic mass is 19.4. The fourth-order valence-electron chi connectivity index (χ4n) is 5.84. The van der Waals surface area contributed by atoms with Gasteiger partial charge in [-0.1, -0.05) is 0 Å². The van der Waals surface area contributed by atoms with Crippen LogP contribution in [-0.2, 0) is 0 Å². The van der Waals surface area contributed by atoms with Crippen molar-refractivity contribution in [2.75, 3.05) is 32.8 Å². The second-order valence-electron chi connectivity index (χ2n) is 11.5. The average Bonchev–Trinajstić information content (AvgIpc) is 3.68. The molecule has 3 aliphatic carbocycles. The van der Waals surface area contributed by atoms with E-state index in [1.807, 2.05) is 9.80 Å². The average molecular weight is 504 g/mol. The van der Waals surface area contributed by atoms with Crippen molar-refractivity contribution in [2.45, 2.75) is 62.5 Å². The van der Waals surface area contributed by atoms with Crippen molar-refractivity contribution in [1.29, 1.82) is 0 Å². The zero-order chi connectivity index (χ0) is 24.7. The van der Waals surface area contributed by atoms with Gasteiger partial charge in [-0.15, -0.1) is 0 Å². The number of aromatic amines is 1. The van der Waals surface area contributed by atoms with Crippen LogP contribution in [0.25, 0.3) is 0 Å². The second kappa shape index (κ2) is 7.55. The van der Waals surface area contributed by atoms with Gasteiger partial charge < -0.3 is 14.5 Å². The van der Waals surface area contributed by atoms with E-state index >= 15 is 0 Å². The molecule has 7 rings (SSSR count). The Bertz CT molecular complexity index is 1160. The molecular weight excluding hydrogens is 475 g/mol. The van der Waals surface area contributed by atoms with Crippen LogP contribution in [0.15, 0.2) is 12.4 Å². The van der Waals surface area contributed by atoms with Crippen LogP contribution >= 0.6 is 0 Å². The summed E-state index contributed by atoms with van der Waals surface area (Å²) in [7, 11) is 0. The maximum atomic E-state index is 13.0. The molecular formula is C24H28F3N7O2. The number of rotatable bonds is 6. The van der Waals surface area contributed by atoms with Crippen molar-refractivity contribution < 1.29 is 22.7 Å². The maximum absolute atomic E-state index is 13.0. The van der Waals surface area contributed by atoms with E-state index in [0.717, 1.165) is 43.3 Å². The van der Waals surface area contributed by atoms with Crippen LogP contribution in [0.2, 0.25) is 0 Å². The number of aromatic nitrogens is 5. The molecule has 2 aromatic rings. The highest BCUT2D eigenvalue weighted by Gasteiger charge is 2.64. The summed E-state index contributed by atoms with van der Waals surface area (Å²) in [6, 6.07) is 0.0593. The Morgan fingerprint density at radius 3 is 2.42 bits per heavy atom. The third kappa shape index (κ3) is 3.71. The number of amides is 2. The topological polar surface area (TPSA) is 100 Å². The first-order valence-electron chi connectivity index (χ1n) is 12.7.